The molecular formula is C32H50N10O15P4-4. The number of nitrogen functional groups attached to an aromatic ring is 2. The molecule has 6 rings (SSSR count). The van der Waals surface area contributed by atoms with E-state index in [0.717, 1.165) is 0 Å². The molecule has 0 saturated carbocycles. The van der Waals surface area contributed by atoms with Crippen molar-refractivity contribution in [2.75, 3.05) is 24.7 Å². The predicted octanol–water partition coefficient (Wildman–Crippen LogP) is 1.34. The summed E-state index contributed by atoms with van der Waals surface area (Å²) in [7, 11) is -16.8. The summed E-state index contributed by atoms with van der Waals surface area (Å²) in [6.45, 7) is 11.0. The molecule has 6 heterocycles. The van der Waals surface area contributed by atoms with Crippen molar-refractivity contribution in [2.24, 2.45) is 0 Å². The van der Waals surface area contributed by atoms with Gasteiger partial charge in [-0.1, -0.05) is 55.4 Å². The van der Waals surface area contributed by atoms with Crippen molar-refractivity contribution in [3.8, 4) is 0 Å². The third-order valence-corrected chi connectivity index (χ3v) is 16.9. The van der Waals surface area contributed by atoms with Gasteiger partial charge < -0.3 is 76.9 Å². The van der Waals surface area contributed by atoms with Crippen LogP contribution in [0.2, 0.25) is 0 Å². The van der Waals surface area contributed by atoms with Gasteiger partial charge >= 0.3 is 0 Å². The number of rotatable bonds is 16. The van der Waals surface area contributed by atoms with Crippen LogP contribution in [0.15, 0.2) is 23.5 Å². The van der Waals surface area contributed by atoms with Crippen LogP contribution in [0, 0.1) is 0 Å². The lowest BCUT2D eigenvalue weighted by Crippen LogP contribution is -2.32. The van der Waals surface area contributed by atoms with Gasteiger partial charge in [-0.05, 0) is 0 Å². The molecule has 0 bridgehead atoms. The second kappa shape index (κ2) is 19.0. The third-order valence-electron chi connectivity index (χ3n) is 9.74. The lowest BCUT2D eigenvalue weighted by molar-refractivity contribution is -0.211. The molecule has 10 atom stereocenters. The van der Waals surface area contributed by atoms with Gasteiger partial charge in [0.2, 0.25) is 5.95 Å². The molecule has 2 aliphatic rings. The molecule has 0 amide bonds. The first-order valence-electron chi connectivity index (χ1n) is 19.1. The van der Waals surface area contributed by atoms with E-state index in [0.29, 0.717) is 11.0 Å². The number of ether oxygens (including phenoxy) is 2. The van der Waals surface area contributed by atoms with Gasteiger partial charge in [0.15, 0.2) is 23.8 Å². The largest absolute Gasteiger partial charge is 0.778 e. The van der Waals surface area contributed by atoms with E-state index in [4.69, 9.17) is 39.0 Å². The lowest BCUT2D eigenvalue weighted by Gasteiger charge is -2.33. The average Bonchev–Trinajstić information content (AvgIpc) is 3.95. The first-order chi connectivity index (χ1) is 28.2. The van der Waals surface area contributed by atoms with Gasteiger partial charge in [0.05, 0.1) is 43.2 Å². The van der Waals surface area contributed by atoms with Crippen LogP contribution in [0.4, 0.5) is 11.8 Å². The number of fused-ring (bicyclic) bond motifs is 2. The Bertz CT molecular complexity index is 2430. The summed E-state index contributed by atoms with van der Waals surface area (Å²) in [4.78, 5) is 75.3. The van der Waals surface area contributed by atoms with Gasteiger partial charge in [-0.3, -0.25) is 9.78 Å². The van der Waals surface area contributed by atoms with E-state index in [1.54, 1.807) is 0 Å². The fourth-order valence-corrected chi connectivity index (χ4v) is 8.74. The van der Waals surface area contributed by atoms with Crippen LogP contribution in [0.1, 0.15) is 80.7 Å². The number of anilines is 2. The third kappa shape index (κ3) is 11.4. The Balaban J connectivity index is 0.000000231. The Morgan fingerprint density at radius 2 is 1.13 bits per heavy atom. The summed E-state index contributed by atoms with van der Waals surface area (Å²) >= 11 is 0. The monoisotopic (exact) mass is 938 g/mol. The SMILES string of the molecule is CC(C)P(=O)([O-])OC[C@H]1O[C@@H](n2ncc3c(=O)[nH]c(N)nc32)C[C@H]1OP(=O)([O-])C(C)C.CC(C)P(=O)([O-])OC[C@H]1O[C@@H](n2ncc3c(N)ncnc32)C[C@H]1OP(=O)([O-])C(C)C. The summed E-state index contributed by atoms with van der Waals surface area (Å²) in [5, 5.41) is 9.01. The number of aromatic nitrogens is 8. The molecule has 0 aliphatic carbocycles. The maximum atomic E-state index is 12.3. The highest BCUT2D eigenvalue weighted by Crippen LogP contribution is 2.51. The Labute approximate surface area is 350 Å². The van der Waals surface area contributed by atoms with Crippen LogP contribution in [-0.4, -0.2) is 99.8 Å². The molecular weight excluding hydrogens is 888 g/mol. The average molecular weight is 939 g/mol. The van der Waals surface area contributed by atoms with E-state index in [2.05, 4.69) is 30.1 Å². The maximum Gasteiger partial charge on any atom is 0.263 e. The first kappa shape index (κ1) is 49.0. The minimum absolute atomic E-state index is 0.00295. The Kier molecular flexibility index (Phi) is 15.3. The minimum atomic E-state index is -4.25. The molecule has 0 spiro atoms. The van der Waals surface area contributed by atoms with Gasteiger partial charge in [0, 0.05) is 35.5 Å². The highest BCUT2D eigenvalue weighted by Gasteiger charge is 2.43. The van der Waals surface area contributed by atoms with Crippen molar-refractivity contribution in [2.45, 2.75) is 128 Å². The second-order valence-corrected chi connectivity index (χ2v) is 24.9. The molecule has 342 valence electrons. The summed E-state index contributed by atoms with van der Waals surface area (Å²) in [6, 6.07) is 0. The maximum absolute atomic E-state index is 12.3. The van der Waals surface area contributed by atoms with Crippen molar-refractivity contribution in [3.63, 3.8) is 0 Å². The number of aromatic amines is 1. The summed E-state index contributed by atoms with van der Waals surface area (Å²) in [5.74, 6) is 0.114. The molecule has 2 saturated heterocycles. The van der Waals surface area contributed by atoms with Crippen molar-refractivity contribution < 1.29 is 65.4 Å². The van der Waals surface area contributed by atoms with Crippen LogP contribution in [0.3, 0.4) is 0 Å². The van der Waals surface area contributed by atoms with Gasteiger partial charge in [-0.25, -0.2) is 19.3 Å². The lowest BCUT2D eigenvalue weighted by atomic mass is 10.2. The summed E-state index contributed by atoms with van der Waals surface area (Å²) in [5.41, 5.74) is 8.44. The van der Waals surface area contributed by atoms with Crippen LogP contribution < -0.4 is 36.6 Å². The number of nitrogens with two attached hydrogens (primary N) is 2. The molecule has 0 radical (unpaired) electrons. The van der Waals surface area contributed by atoms with E-state index < -0.39 is 102 Å². The van der Waals surface area contributed by atoms with Crippen LogP contribution in [-0.2, 0) is 45.8 Å². The van der Waals surface area contributed by atoms with Gasteiger partial charge in [-0.2, -0.15) is 15.2 Å². The smallest absolute Gasteiger partial charge is 0.263 e. The molecule has 61 heavy (non-hydrogen) atoms. The van der Waals surface area contributed by atoms with E-state index in [1.807, 2.05) is 0 Å². The molecule has 4 unspecified atom stereocenters. The molecule has 0 aromatic carbocycles. The summed E-state index contributed by atoms with van der Waals surface area (Å²) in [6.07, 6.45) is -1.46. The molecule has 2 aliphatic heterocycles. The first-order valence-corrected chi connectivity index (χ1v) is 25.5. The van der Waals surface area contributed by atoms with Crippen molar-refractivity contribution in [1.29, 1.82) is 0 Å². The van der Waals surface area contributed by atoms with Gasteiger partial charge in [-0.15, -0.1) is 0 Å². The molecule has 25 nitrogen and oxygen atoms in total. The van der Waals surface area contributed by atoms with Gasteiger partial charge in [0.25, 0.3) is 5.56 Å². The van der Waals surface area contributed by atoms with Gasteiger partial charge in [0.1, 0.15) is 60.1 Å². The normalized spacial score (nSPS) is 26.1. The Morgan fingerprint density at radius 3 is 1.57 bits per heavy atom. The molecule has 4 aromatic heterocycles. The van der Waals surface area contributed by atoms with E-state index in [1.165, 1.54) is 83.5 Å². The Morgan fingerprint density at radius 1 is 0.705 bits per heavy atom. The molecule has 5 N–H and O–H groups in total. The van der Waals surface area contributed by atoms with Crippen LogP contribution in [0.5, 0.6) is 0 Å². The van der Waals surface area contributed by atoms with Crippen molar-refractivity contribution >= 4 is 64.2 Å². The number of hydrogen-bond donors (Lipinski definition) is 3. The van der Waals surface area contributed by atoms with E-state index in [-0.39, 0.29) is 42.2 Å². The highest BCUT2D eigenvalue weighted by molar-refractivity contribution is 7.53. The van der Waals surface area contributed by atoms with E-state index in [9.17, 15) is 42.6 Å². The van der Waals surface area contributed by atoms with E-state index >= 15 is 0 Å². The molecule has 29 heteroatoms. The fraction of sp³-hybridized carbons (Fsp3) is 0.688. The minimum Gasteiger partial charge on any atom is -0.778 e. The quantitative estimate of drug-likeness (QED) is 0.133. The topological polar surface area (TPSA) is 375 Å². The second-order valence-electron chi connectivity index (χ2n) is 15.5. The Hall–Kier alpha value is -2.98. The highest BCUT2D eigenvalue weighted by atomic mass is 31.2. The fourth-order valence-electron chi connectivity index (χ4n) is 5.75. The van der Waals surface area contributed by atoms with Crippen molar-refractivity contribution in [1.82, 2.24) is 39.5 Å². The standard InChI is InChI=1S/C16H27N5O8P2.C16H27N5O7P2/c1-8(2)30(23,24)27-7-12-11(29-31(25,26)9(3)4)5-13(28-12)21-14-10(6-18-21)15(22)20-16(17)19-14;1-9(2)29(22,23)26-7-13-12(28-30(24,25)10(3)4)5-14(27-13)21-16-11(6-20-21)15(17)18-8-19-16/h6,8-9,11-13H,5,7H2,1-4H3,(H,23,24)(H,25,26)(H3,17,19,20,22);6,8-10,12-14H,5,7H2,1-4H3,(H,22,23)(H,24,25)(H2,17,18,19)/p-4/t11-,12-,13-;12-,13-,14-/m11/s1. The number of nitrogens with one attached hydrogen (secondary N) is 1. The number of hydrogen-bond acceptors (Lipinski definition) is 22. The zero-order valence-electron chi connectivity index (χ0n) is 34.5. The predicted molar refractivity (Wildman–Crippen MR) is 212 cm³/mol. The number of nitrogens with zero attached hydrogens (tertiary/aromatic N) is 7. The zero-order valence-corrected chi connectivity index (χ0v) is 38.1. The molecule has 2 fully saturated rings. The van der Waals surface area contributed by atoms with Crippen LogP contribution >= 0.6 is 30.4 Å². The zero-order chi connectivity index (χ0) is 45.4. The molecule has 4 aromatic rings. The summed E-state index contributed by atoms with van der Waals surface area (Å²) < 4.78 is 84.1. The number of H-pyrrole nitrogens is 1. The van der Waals surface area contributed by atoms with Crippen molar-refractivity contribution in [3.05, 3.63) is 29.1 Å². The van der Waals surface area contributed by atoms with Crippen LogP contribution in [0.25, 0.3) is 22.1 Å².